The van der Waals surface area contributed by atoms with Crippen LogP contribution in [0.1, 0.15) is 29.9 Å². The summed E-state index contributed by atoms with van der Waals surface area (Å²) >= 11 is 7.39. The van der Waals surface area contributed by atoms with Gasteiger partial charge < -0.3 is 5.32 Å². The Bertz CT molecular complexity index is 1310. The molecule has 0 spiro atoms. The van der Waals surface area contributed by atoms with Gasteiger partial charge in [0.2, 0.25) is 0 Å². The number of aromatic nitrogens is 4. The zero-order valence-electron chi connectivity index (χ0n) is 17.7. The Morgan fingerprint density at radius 2 is 1.91 bits per heavy atom. The quantitative estimate of drug-likeness (QED) is 0.397. The number of carbonyl (C=O) groups excluding carboxylic acids is 1. The summed E-state index contributed by atoms with van der Waals surface area (Å²) in [4.78, 5) is 34.9. The first-order chi connectivity index (χ1) is 15.4. The molecule has 164 valence electrons. The van der Waals surface area contributed by atoms with E-state index in [0.717, 1.165) is 4.90 Å². The molecule has 0 radical (unpaired) electrons. The van der Waals surface area contributed by atoms with E-state index >= 15 is 0 Å². The molecule has 0 saturated carbocycles. The fraction of sp³-hybridized carbons (Fsp3) is 0.217. The summed E-state index contributed by atoms with van der Waals surface area (Å²) in [5.74, 6) is 1.02. The number of hydrogen-bond acceptors (Lipinski definition) is 5. The average molecular weight is 468 g/mol. The summed E-state index contributed by atoms with van der Waals surface area (Å²) in [5, 5.41) is 3.52. The third-order valence-corrected chi connectivity index (χ3v) is 6.02. The zero-order valence-corrected chi connectivity index (χ0v) is 19.2. The third-order valence-electron chi connectivity index (χ3n) is 4.66. The molecule has 0 aliphatic rings. The zero-order chi connectivity index (χ0) is 22.7. The summed E-state index contributed by atoms with van der Waals surface area (Å²) < 4.78 is 3.28. The second-order valence-corrected chi connectivity index (χ2v) is 9.16. The highest BCUT2D eigenvalue weighted by molar-refractivity contribution is 7.98. The number of fused-ring (bicyclic) bond motifs is 1. The second-order valence-electron chi connectivity index (χ2n) is 7.70. The van der Waals surface area contributed by atoms with E-state index in [9.17, 15) is 9.59 Å². The maximum Gasteiger partial charge on any atom is 0.274 e. The Hall–Kier alpha value is -3.10. The summed E-state index contributed by atoms with van der Waals surface area (Å²) in [6.07, 6.45) is 1.64. The number of nitrogens with one attached hydrogen (secondary N) is 1. The summed E-state index contributed by atoms with van der Waals surface area (Å²) in [5.41, 5.74) is 1.68. The van der Waals surface area contributed by atoms with Crippen molar-refractivity contribution in [2.24, 2.45) is 5.92 Å². The minimum atomic E-state index is -0.219. The van der Waals surface area contributed by atoms with Gasteiger partial charge in [-0.05, 0) is 42.3 Å². The van der Waals surface area contributed by atoms with Crippen LogP contribution in [-0.4, -0.2) is 25.1 Å². The first-order valence-corrected chi connectivity index (χ1v) is 11.5. The molecule has 2 aromatic heterocycles. The van der Waals surface area contributed by atoms with E-state index in [1.807, 2.05) is 24.3 Å². The number of halogens is 1. The van der Waals surface area contributed by atoms with Gasteiger partial charge >= 0.3 is 0 Å². The van der Waals surface area contributed by atoms with Gasteiger partial charge in [0, 0.05) is 33.8 Å². The Morgan fingerprint density at radius 3 is 2.66 bits per heavy atom. The van der Waals surface area contributed by atoms with Crippen molar-refractivity contribution >= 4 is 40.7 Å². The first kappa shape index (κ1) is 22.1. The monoisotopic (exact) mass is 467 g/mol. The van der Waals surface area contributed by atoms with Crippen LogP contribution in [0.25, 0.3) is 5.78 Å². The minimum absolute atomic E-state index is 0.159. The molecule has 2 aromatic carbocycles. The van der Waals surface area contributed by atoms with Crippen molar-refractivity contribution in [2.75, 3.05) is 5.32 Å². The van der Waals surface area contributed by atoms with Crippen LogP contribution in [0.15, 0.2) is 70.6 Å². The van der Waals surface area contributed by atoms with Gasteiger partial charge in [-0.25, -0.2) is 4.98 Å². The van der Waals surface area contributed by atoms with Gasteiger partial charge in [0.15, 0.2) is 0 Å². The van der Waals surface area contributed by atoms with E-state index in [1.165, 1.54) is 22.3 Å². The molecule has 0 aliphatic carbocycles. The van der Waals surface area contributed by atoms with Crippen molar-refractivity contribution < 1.29 is 4.79 Å². The molecule has 1 amide bonds. The molecule has 0 saturated heterocycles. The molecular formula is C23H22ClN5O2S. The molecule has 0 aliphatic heterocycles. The number of benzene rings is 2. The van der Waals surface area contributed by atoms with Crippen molar-refractivity contribution in [3.8, 4) is 0 Å². The van der Waals surface area contributed by atoms with Gasteiger partial charge in [-0.15, -0.1) is 11.8 Å². The summed E-state index contributed by atoms with van der Waals surface area (Å²) in [6, 6.07) is 15.8. The molecule has 4 aromatic rings. The Labute approximate surface area is 194 Å². The second kappa shape index (κ2) is 9.58. The number of nitrogens with zero attached hydrogens (tertiary/aromatic N) is 4. The SMILES string of the molecule is CC(C)Cn1cnc2nc(CSc3ccccc3NC(=O)c3ccc(Cl)cc3)cc(=O)n21. The van der Waals surface area contributed by atoms with Crippen molar-refractivity contribution in [2.45, 2.75) is 31.0 Å². The predicted molar refractivity (Wildman–Crippen MR) is 127 cm³/mol. The van der Waals surface area contributed by atoms with Gasteiger partial charge in [-0.3, -0.25) is 14.3 Å². The molecule has 0 fully saturated rings. The fourth-order valence-electron chi connectivity index (χ4n) is 3.23. The van der Waals surface area contributed by atoms with Crippen LogP contribution in [0.3, 0.4) is 0 Å². The average Bonchev–Trinajstić information content (AvgIpc) is 3.16. The molecule has 32 heavy (non-hydrogen) atoms. The summed E-state index contributed by atoms with van der Waals surface area (Å²) in [6.45, 7) is 4.85. The lowest BCUT2D eigenvalue weighted by atomic mass is 10.2. The van der Waals surface area contributed by atoms with E-state index in [4.69, 9.17) is 11.6 Å². The van der Waals surface area contributed by atoms with E-state index in [0.29, 0.717) is 46.0 Å². The van der Waals surface area contributed by atoms with Crippen molar-refractivity contribution in [3.05, 3.63) is 87.6 Å². The first-order valence-electron chi connectivity index (χ1n) is 10.1. The van der Waals surface area contributed by atoms with Crippen LogP contribution in [-0.2, 0) is 12.3 Å². The number of carbonyl (C=O) groups is 1. The number of para-hydroxylation sites is 1. The highest BCUT2D eigenvalue weighted by Crippen LogP contribution is 2.29. The molecule has 7 nitrogen and oxygen atoms in total. The topological polar surface area (TPSA) is 81.3 Å². The molecule has 2 heterocycles. The maximum absolute atomic E-state index is 12.7. The van der Waals surface area contributed by atoms with Crippen molar-refractivity contribution in [3.63, 3.8) is 0 Å². The van der Waals surface area contributed by atoms with Gasteiger partial charge in [0.05, 0.1) is 11.4 Å². The number of anilines is 1. The number of thioether (sulfide) groups is 1. The summed E-state index contributed by atoms with van der Waals surface area (Å²) in [7, 11) is 0. The molecule has 1 N–H and O–H groups in total. The van der Waals surface area contributed by atoms with Crippen molar-refractivity contribution in [1.82, 2.24) is 19.2 Å². The van der Waals surface area contributed by atoms with Gasteiger partial charge in [-0.2, -0.15) is 9.50 Å². The molecule has 4 rings (SSSR count). The van der Waals surface area contributed by atoms with E-state index in [-0.39, 0.29) is 11.5 Å². The van der Waals surface area contributed by atoms with E-state index in [2.05, 4.69) is 29.1 Å². The molecule has 0 atom stereocenters. The Morgan fingerprint density at radius 1 is 1.16 bits per heavy atom. The Balaban J connectivity index is 1.51. The maximum atomic E-state index is 12.7. The molecular weight excluding hydrogens is 446 g/mol. The lowest BCUT2D eigenvalue weighted by molar-refractivity contribution is 0.102. The van der Waals surface area contributed by atoms with Crippen LogP contribution in [0, 0.1) is 5.92 Å². The smallest absolute Gasteiger partial charge is 0.274 e. The number of amides is 1. The highest BCUT2D eigenvalue weighted by Gasteiger charge is 2.12. The standard InChI is InChI=1S/C23H22ClN5O2S/c1-15(2)12-28-14-25-23-26-18(11-21(30)29(23)28)13-32-20-6-4-3-5-19(20)27-22(31)16-7-9-17(24)10-8-16/h3-11,14-15H,12-13H2,1-2H3,(H,27,31). The van der Waals surface area contributed by atoms with Crippen LogP contribution in [0.2, 0.25) is 5.02 Å². The fourth-order valence-corrected chi connectivity index (χ4v) is 4.25. The Kier molecular flexibility index (Phi) is 6.62. The predicted octanol–water partition coefficient (Wildman–Crippen LogP) is 4.75. The normalized spacial score (nSPS) is 11.2. The van der Waals surface area contributed by atoms with Crippen LogP contribution < -0.4 is 10.9 Å². The van der Waals surface area contributed by atoms with Crippen LogP contribution >= 0.6 is 23.4 Å². The number of hydrogen-bond donors (Lipinski definition) is 1. The van der Waals surface area contributed by atoms with E-state index in [1.54, 1.807) is 35.3 Å². The van der Waals surface area contributed by atoms with Crippen molar-refractivity contribution in [1.29, 1.82) is 0 Å². The highest BCUT2D eigenvalue weighted by atomic mass is 35.5. The van der Waals surface area contributed by atoms with Gasteiger partial charge in [0.25, 0.3) is 17.2 Å². The van der Waals surface area contributed by atoms with Crippen LogP contribution in [0.4, 0.5) is 5.69 Å². The largest absolute Gasteiger partial charge is 0.321 e. The molecule has 0 bridgehead atoms. The van der Waals surface area contributed by atoms with E-state index < -0.39 is 0 Å². The lowest BCUT2D eigenvalue weighted by Crippen LogP contribution is -2.22. The minimum Gasteiger partial charge on any atom is -0.321 e. The third kappa shape index (κ3) is 5.03. The lowest BCUT2D eigenvalue weighted by Gasteiger charge is -2.11. The molecule has 9 heteroatoms. The molecule has 0 unspecified atom stereocenters. The van der Waals surface area contributed by atoms with Gasteiger partial charge in [0.1, 0.15) is 6.33 Å². The van der Waals surface area contributed by atoms with Gasteiger partial charge in [-0.1, -0.05) is 37.6 Å². The number of rotatable bonds is 7. The van der Waals surface area contributed by atoms with Crippen LogP contribution in [0.5, 0.6) is 0 Å².